The highest BCUT2D eigenvalue weighted by Gasteiger charge is 2.50. The zero-order valence-corrected chi connectivity index (χ0v) is 6.05. The molecule has 2 nitrogen and oxygen atoms in total. The molecule has 2 heteroatoms. The van der Waals surface area contributed by atoms with Gasteiger partial charge in [-0.3, -0.25) is 0 Å². The third kappa shape index (κ3) is 0.523. The van der Waals surface area contributed by atoms with Gasteiger partial charge in [0.05, 0.1) is 6.10 Å². The standard InChI is InChI=1S/C8H13NO/c1-2-7-8-5(3-4-10-8)6(1)9-7/h5-9H,1-4H2/t5-,6+,7-,8-/m1/s1. The van der Waals surface area contributed by atoms with Gasteiger partial charge in [-0.2, -0.15) is 0 Å². The predicted molar refractivity (Wildman–Crippen MR) is 37.8 cm³/mol. The fraction of sp³-hybridized carbons (Fsp3) is 1.00. The van der Waals surface area contributed by atoms with E-state index >= 15 is 0 Å². The van der Waals surface area contributed by atoms with Crippen LogP contribution in [0.5, 0.6) is 0 Å². The van der Waals surface area contributed by atoms with Crippen molar-refractivity contribution in [2.24, 2.45) is 5.92 Å². The van der Waals surface area contributed by atoms with Gasteiger partial charge in [0.15, 0.2) is 0 Å². The molecule has 10 heavy (non-hydrogen) atoms. The Morgan fingerprint density at radius 2 is 2.00 bits per heavy atom. The molecule has 0 aliphatic carbocycles. The third-order valence-corrected chi connectivity index (χ3v) is 3.31. The van der Waals surface area contributed by atoms with E-state index in [0.717, 1.165) is 24.6 Å². The maximum Gasteiger partial charge on any atom is 0.0771 e. The van der Waals surface area contributed by atoms with Gasteiger partial charge in [-0.15, -0.1) is 0 Å². The number of fused-ring (bicyclic) bond motifs is 5. The van der Waals surface area contributed by atoms with E-state index in [4.69, 9.17) is 4.74 Å². The second-order valence-electron chi connectivity index (χ2n) is 3.74. The van der Waals surface area contributed by atoms with E-state index in [-0.39, 0.29) is 0 Å². The average Bonchev–Trinajstić information content (AvgIpc) is 2.60. The number of rotatable bonds is 0. The first-order chi connectivity index (χ1) is 4.95. The lowest BCUT2D eigenvalue weighted by atomic mass is 9.86. The van der Waals surface area contributed by atoms with Crippen molar-refractivity contribution in [2.75, 3.05) is 6.61 Å². The van der Waals surface area contributed by atoms with Crippen molar-refractivity contribution >= 4 is 0 Å². The topological polar surface area (TPSA) is 21.3 Å². The fourth-order valence-electron chi connectivity index (χ4n) is 2.87. The van der Waals surface area contributed by atoms with E-state index in [9.17, 15) is 0 Å². The maximum absolute atomic E-state index is 5.65. The molecule has 2 bridgehead atoms. The van der Waals surface area contributed by atoms with Gasteiger partial charge in [-0.25, -0.2) is 0 Å². The summed E-state index contributed by atoms with van der Waals surface area (Å²) in [5.41, 5.74) is 0. The summed E-state index contributed by atoms with van der Waals surface area (Å²) in [7, 11) is 0. The van der Waals surface area contributed by atoms with Crippen molar-refractivity contribution in [2.45, 2.75) is 37.5 Å². The van der Waals surface area contributed by atoms with E-state index in [0.29, 0.717) is 6.10 Å². The van der Waals surface area contributed by atoms with E-state index < -0.39 is 0 Å². The molecule has 0 amide bonds. The molecule has 3 aliphatic rings. The first-order valence-electron chi connectivity index (χ1n) is 4.33. The molecule has 56 valence electrons. The molecule has 3 heterocycles. The van der Waals surface area contributed by atoms with Crippen LogP contribution in [0.15, 0.2) is 0 Å². The Bertz CT molecular complexity index is 143. The van der Waals surface area contributed by atoms with Gasteiger partial charge in [0, 0.05) is 24.6 Å². The largest absolute Gasteiger partial charge is 0.376 e. The lowest BCUT2D eigenvalue weighted by Gasteiger charge is -2.20. The Morgan fingerprint density at radius 1 is 1.10 bits per heavy atom. The molecule has 0 radical (unpaired) electrons. The third-order valence-electron chi connectivity index (χ3n) is 3.31. The smallest absolute Gasteiger partial charge is 0.0771 e. The Balaban J connectivity index is 1.92. The van der Waals surface area contributed by atoms with Gasteiger partial charge >= 0.3 is 0 Å². The number of ether oxygens (including phenoxy) is 1. The molecule has 3 saturated heterocycles. The Hall–Kier alpha value is -0.0800. The lowest BCUT2D eigenvalue weighted by molar-refractivity contribution is 0.0772. The number of nitrogens with one attached hydrogen (secondary N) is 1. The Kier molecular flexibility index (Phi) is 0.968. The normalized spacial score (nSPS) is 57.6. The molecule has 3 rings (SSSR count). The molecular formula is C8H13NO. The molecule has 0 unspecified atom stereocenters. The highest BCUT2D eigenvalue weighted by atomic mass is 16.5. The summed E-state index contributed by atoms with van der Waals surface area (Å²) in [6.07, 6.45) is 4.65. The minimum Gasteiger partial charge on any atom is -0.376 e. The summed E-state index contributed by atoms with van der Waals surface area (Å²) in [5, 5.41) is 3.60. The van der Waals surface area contributed by atoms with Crippen LogP contribution in [0.3, 0.4) is 0 Å². The van der Waals surface area contributed by atoms with E-state index in [2.05, 4.69) is 5.32 Å². The lowest BCUT2D eigenvalue weighted by Crippen LogP contribution is -2.29. The van der Waals surface area contributed by atoms with Gasteiger partial charge in [-0.05, 0) is 19.3 Å². The van der Waals surface area contributed by atoms with Gasteiger partial charge in [0.2, 0.25) is 0 Å². The minimum absolute atomic E-state index is 0.596. The molecule has 0 saturated carbocycles. The highest BCUT2D eigenvalue weighted by molar-refractivity contribution is 5.06. The van der Waals surface area contributed by atoms with Crippen LogP contribution in [-0.2, 0) is 4.74 Å². The van der Waals surface area contributed by atoms with Crippen LogP contribution in [0, 0.1) is 5.92 Å². The van der Waals surface area contributed by atoms with Crippen LogP contribution >= 0.6 is 0 Å². The van der Waals surface area contributed by atoms with Crippen molar-refractivity contribution in [3.63, 3.8) is 0 Å². The second-order valence-corrected chi connectivity index (χ2v) is 3.74. The fourth-order valence-corrected chi connectivity index (χ4v) is 2.87. The predicted octanol–water partition coefficient (Wildman–Crippen LogP) is 0.526. The first kappa shape index (κ1) is 5.56. The first-order valence-corrected chi connectivity index (χ1v) is 4.33. The van der Waals surface area contributed by atoms with Crippen molar-refractivity contribution in [3.8, 4) is 0 Å². The van der Waals surface area contributed by atoms with Crippen molar-refractivity contribution in [1.82, 2.24) is 5.32 Å². The zero-order chi connectivity index (χ0) is 6.55. The summed E-state index contributed by atoms with van der Waals surface area (Å²) in [6.45, 7) is 1.02. The molecule has 3 aliphatic heterocycles. The SMILES string of the molecule is C1C[C@H]2[C@@H](O1)[C@H]1CC[C@@H]2N1. The summed E-state index contributed by atoms with van der Waals surface area (Å²) in [4.78, 5) is 0. The molecule has 0 aromatic heterocycles. The molecule has 3 fully saturated rings. The van der Waals surface area contributed by atoms with Gasteiger partial charge < -0.3 is 10.1 Å². The van der Waals surface area contributed by atoms with Crippen molar-refractivity contribution in [1.29, 1.82) is 0 Å². The number of hydrogen-bond donors (Lipinski definition) is 1. The van der Waals surface area contributed by atoms with E-state index in [1.165, 1.54) is 19.3 Å². The van der Waals surface area contributed by atoms with Gasteiger partial charge in [0.25, 0.3) is 0 Å². The minimum atomic E-state index is 0.596. The Morgan fingerprint density at radius 3 is 2.90 bits per heavy atom. The summed E-state index contributed by atoms with van der Waals surface area (Å²) in [6, 6.07) is 1.54. The molecular weight excluding hydrogens is 126 g/mol. The van der Waals surface area contributed by atoms with E-state index in [1.54, 1.807) is 0 Å². The van der Waals surface area contributed by atoms with Crippen LogP contribution in [0.2, 0.25) is 0 Å². The van der Waals surface area contributed by atoms with Gasteiger partial charge in [-0.1, -0.05) is 0 Å². The second kappa shape index (κ2) is 1.74. The molecule has 0 spiro atoms. The van der Waals surface area contributed by atoms with Crippen molar-refractivity contribution in [3.05, 3.63) is 0 Å². The van der Waals surface area contributed by atoms with E-state index in [1.807, 2.05) is 0 Å². The summed E-state index contributed by atoms with van der Waals surface area (Å²) in [5.74, 6) is 0.874. The summed E-state index contributed by atoms with van der Waals surface area (Å²) >= 11 is 0. The maximum atomic E-state index is 5.65. The van der Waals surface area contributed by atoms with Crippen LogP contribution in [0.1, 0.15) is 19.3 Å². The monoisotopic (exact) mass is 139 g/mol. The zero-order valence-electron chi connectivity index (χ0n) is 6.05. The molecule has 4 atom stereocenters. The summed E-state index contributed by atoms with van der Waals surface area (Å²) < 4.78 is 5.65. The quantitative estimate of drug-likeness (QED) is 0.528. The van der Waals surface area contributed by atoms with Crippen molar-refractivity contribution < 1.29 is 4.74 Å². The highest BCUT2D eigenvalue weighted by Crippen LogP contribution is 2.40. The number of hydrogen-bond acceptors (Lipinski definition) is 2. The van der Waals surface area contributed by atoms with Crippen LogP contribution < -0.4 is 5.32 Å². The van der Waals surface area contributed by atoms with Crippen LogP contribution in [0.25, 0.3) is 0 Å². The molecule has 0 aromatic carbocycles. The molecule has 0 aromatic rings. The average molecular weight is 139 g/mol. The Labute approximate surface area is 60.9 Å². The van der Waals surface area contributed by atoms with Crippen LogP contribution in [-0.4, -0.2) is 24.8 Å². The van der Waals surface area contributed by atoms with Gasteiger partial charge in [0.1, 0.15) is 0 Å². The van der Waals surface area contributed by atoms with Crippen LogP contribution in [0.4, 0.5) is 0 Å². The molecule has 1 N–H and O–H groups in total.